The summed E-state index contributed by atoms with van der Waals surface area (Å²) in [6, 6.07) is 10.6. The Labute approximate surface area is 123 Å². The van der Waals surface area contributed by atoms with Crippen LogP contribution in [0.1, 0.15) is 24.5 Å². The topological polar surface area (TPSA) is 18.5 Å². The molecule has 0 aliphatic rings. The first-order valence-electron chi connectivity index (χ1n) is 6.88. The highest BCUT2D eigenvalue weighted by Crippen LogP contribution is 2.27. The summed E-state index contributed by atoms with van der Waals surface area (Å²) in [5.41, 5.74) is 2.16. The van der Waals surface area contributed by atoms with Crippen molar-refractivity contribution in [2.75, 3.05) is 7.11 Å². The third kappa shape index (κ3) is 3.72. The van der Waals surface area contributed by atoms with E-state index in [2.05, 4.69) is 6.92 Å². The summed E-state index contributed by atoms with van der Waals surface area (Å²) in [7, 11) is 1.29. The molecule has 112 valence electrons. The molecule has 0 atom stereocenters. The van der Waals surface area contributed by atoms with E-state index in [-0.39, 0.29) is 18.1 Å². The van der Waals surface area contributed by atoms with Gasteiger partial charge in [0.25, 0.3) is 0 Å². The van der Waals surface area contributed by atoms with Crippen molar-refractivity contribution >= 4 is 0 Å². The maximum Gasteiger partial charge on any atom is 0.204 e. The number of methoxy groups -OCH3 is 1. The van der Waals surface area contributed by atoms with Crippen LogP contribution in [0.3, 0.4) is 0 Å². The van der Waals surface area contributed by atoms with Gasteiger partial charge in [0.1, 0.15) is 6.61 Å². The average molecular weight is 292 g/mol. The van der Waals surface area contributed by atoms with Crippen LogP contribution in [-0.4, -0.2) is 7.11 Å². The molecule has 0 saturated carbocycles. The van der Waals surface area contributed by atoms with Crippen LogP contribution in [0.25, 0.3) is 0 Å². The van der Waals surface area contributed by atoms with Gasteiger partial charge < -0.3 is 9.47 Å². The number of rotatable bonds is 6. The quantitative estimate of drug-likeness (QED) is 0.780. The van der Waals surface area contributed by atoms with Gasteiger partial charge in [0.05, 0.1) is 7.11 Å². The number of hydrogen-bond acceptors (Lipinski definition) is 2. The van der Waals surface area contributed by atoms with Crippen LogP contribution >= 0.6 is 0 Å². The van der Waals surface area contributed by atoms with Crippen LogP contribution in [0, 0.1) is 11.6 Å². The van der Waals surface area contributed by atoms with Gasteiger partial charge in [-0.3, -0.25) is 0 Å². The highest BCUT2D eigenvalue weighted by molar-refractivity contribution is 5.35. The first kappa shape index (κ1) is 15.3. The van der Waals surface area contributed by atoms with E-state index in [1.54, 1.807) is 0 Å². The molecule has 0 fully saturated rings. The third-order valence-corrected chi connectivity index (χ3v) is 3.19. The number of halogens is 2. The normalized spacial score (nSPS) is 10.5. The standard InChI is InChI=1S/C17H18F2O2/c1-3-4-12-5-7-13(8-6-12)11-21-15-10-9-14(20-2)16(18)17(15)19/h5-10H,3-4,11H2,1-2H3. The lowest BCUT2D eigenvalue weighted by atomic mass is 10.1. The first-order valence-corrected chi connectivity index (χ1v) is 6.88. The molecule has 2 aromatic rings. The van der Waals surface area contributed by atoms with Gasteiger partial charge in [-0.2, -0.15) is 8.78 Å². The SMILES string of the molecule is CCCc1ccc(COc2ccc(OC)c(F)c2F)cc1. The number of ether oxygens (including phenoxy) is 2. The van der Waals surface area contributed by atoms with E-state index in [9.17, 15) is 8.78 Å². The first-order chi connectivity index (χ1) is 10.2. The van der Waals surface area contributed by atoms with Gasteiger partial charge >= 0.3 is 0 Å². The zero-order valence-corrected chi connectivity index (χ0v) is 12.2. The van der Waals surface area contributed by atoms with Crippen molar-refractivity contribution in [2.45, 2.75) is 26.4 Å². The molecule has 21 heavy (non-hydrogen) atoms. The fourth-order valence-electron chi connectivity index (χ4n) is 2.04. The summed E-state index contributed by atoms with van der Waals surface area (Å²) in [4.78, 5) is 0. The molecule has 0 amide bonds. The van der Waals surface area contributed by atoms with Crippen molar-refractivity contribution in [1.82, 2.24) is 0 Å². The lowest BCUT2D eigenvalue weighted by molar-refractivity contribution is 0.280. The number of aryl methyl sites for hydroxylation is 1. The number of hydrogen-bond donors (Lipinski definition) is 0. The minimum absolute atomic E-state index is 0.120. The van der Waals surface area contributed by atoms with Crippen LogP contribution in [-0.2, 0) is 13.0 Å². The average Bonchev–Trinajstić information content (AvgIpc) is 2.50. The molecular weight excluding hydrogens is 274 g/mol. The van der Waals surface area contributed by atoms with Crippen LogP contribution in [0.2, 0.25) is 0 Å². The summed E-state index contributed by atoms with van der Waals surface area (Å²) >= 11 is 0. The highest BCUT2D eigenvalue weighted by Gasteiger charge is 2.14. The van der Waals surface area contributed by atoms with E-state index in [0.29, 0.717) is 0 Å². The van der Waals surface area contributed by atoms with Crippen LogP contribution in [0.15, 0.2) is 36.4 Å². The van der Waals surface area contributed by atoms with Crippen molar-refractivity contribution in [3.05, 3.63) is 59.2 Å². The van der Waals surface area contributed by atoms with Gasteiger partial charge in [0.15, 0.2) is 11.5 Å². The van der Waals surface area contributed by atoms with Crippen molar-refractivity contribution < 1.29 is 18.3 Å². The van der Waals surface area contributed by atoms with Crippen molar-refractivity contribution in [3.8, 4) is 11.5 Å². The molecule has 2 aromatic carbocycles. The molecule has 0 unspecified atom stereocenters. The van der Waals surface area contributed by atoms with E-state index >= 15 is 0 Å². The zero-order valence-electron chi connectivity index (χ0n) is 12.2. The van der Waals surface area contributed by atoms with Gasteiger partial charge in [-0.05, 0) is 29.7 Å². The summed E-state index contributed by atoms with van der Waals surface area (Å²) in [6.45, 7) is 2.31. The Balaban J connectivity index is 2.04. The van der Waals surface area contributed by atoms with Crippen molar-refractivity contribution in [3.63, 3.8) is 0 Å². The zero-order chi connectivity index (χ0) is 15.2. The Morgan fingerprint density at radius 3 is 2.05 bits per heavy atom. The van der Waals surface area contributed by atoms with E-state index in [4.69, 9.17) is 9.47 Å². The fraction of sp³-hybridized carbons (Fsp3) is 0.294. The van der Waals surface area contributed by atoms with Crippen LogP contribution in [0.5, 0.6) is 11.5 Å². The predicted octanol–water partition coefficient (Wildman–Crippen LogP) is 4.50. The molecule has 0 bridgehead atoms. The Kier molecular flexibility index (Phi) is 5.14. The maximum atomic E-state index is 13.7. The highest BCUT2D eigenvalue weighted by atomic mass is 19.2. The number of benzene rings is 2. The van der Waals surface area contributed by atoms with Crippen LogP contribution < -0.4 is 9.47 Å². The second-order valence-corrected chi connectivity index (χ2v) is 4.75. The molecule has 0 aliphatic carbocycles. The Morgan fingerprint density at radius 1 is 0.857 bits per heavy atom. The lowest BCUT2D eigenvalue weighted by Crippen LogP contribution is -2.00. The second-order valence-electron chi connectivity index (χ2n) is 4.75. The largest absolute Gasteiger partial charge is 0.494 e. The van der Waals surface area contributed by atoms with Crippen molar-refractivity contribution in [2.24, 2.45) is 0 Å². The molecule has 2 nitrogen and oxygen atoms in total. The maximum absolute atomic E-state index is 13.7. The molecule has 0 spiro atoms. The Hall–Kier alpha value is -2.10. The molecule has 0 saturated heterocycles. The summed E-state index contributed by atoms with van der Waals surface area (Å²) in [6.07, 6.45) is 2.12. The summed E-state index contributed by atoms with van der Waals surface area (Å²) in [5, 5.41) is 0. The van der Waals surface area contributed by atoms with Gasteiger partial charge in [-0.1, -0.05) is 37.6 Å². The van der Waals surface area contributed by atoms with Gasteiger partial charge in [0.2, 0.25) is 11.6 Å². The van der Waals surface area contributed by atoms with Gasteiger partial charge in [0, 0.05) is 0 Å². The fourth-order valence-corrected chi connectivity index (χ4v) is 2.04. The van der Waals surface area contributed by atoms with E-state index < -0.39 is 11.6 Å². The molecular formula is C17H18F2O2. The molecule has 0 heterocycles. The van der Waals surface area contributed by atoms with E-state index in [0.717, 1.165) is 18.4 Å². The van der Waals surface area contributed by atoms with Gasteiger partial charge in [-0.15, -0.1) is 0 Å². The van der Waals surface area contributed by atoms with E-state index in [1.165, 1.54) is 24.8 Å². The van der Waals surface area contributed by atoms with E-state index in [1.807, 2.05) is 24.3 Å². The monoisotopic (exact) mass is 292 g/mol. The second kappa shape index (κ2) is 7.07. The minimum atomic E-state index is -1.03. The van der Waals surface area contributed by atoms with Crippen LogP contribution in [0.4, 0.5) is 8.78 Å². The predicted molar refractivity (Wildman–Crippen MR) is 77.7 cm³/mol. The molecule has 2 rings (SSSR count). The Morgan fingerprint density at radius 2 is 1.43 bits per heavy atom. The van der Waals surface area contributed by atoms with Gasteiger partial charge in [-0.25, -0.2) is 0 Å². The summed E-state index contributed by atoms with van der Waals surface area (Å²) < 4.78 is 37.3. The molecule has 4 heteroatoms. The summed E-state index contributed by atoms with van der Waals surface area (Å²) in [5.74, 6) is -2.32. The third-order valence-electron chi connectivity index (χ3n) is 3.19. The Bertz CT molecular complexity index is 594. The minimum Gasteiger partial charge on any atom is -0.494 e. The molecule has 0 aliphatic heterocycles. The molecule has 0 aromatic heterocycles. The van der Waals surface area contributed by atoms with Crippen molar-refractivity contribution in [1.29, 1.82) is 0 Å². The molecule has 0 N–H and O–H groups in total. The molecule has 0 radical (unpaired) electrons. The smallest absolute Gasteiger partial charge is 0.204 e. The lowest BCUT2D eigenvalue weighted by Gasteiger charge is -2.10.